The van der Waals surface area contributed by atoms with Crippen LogP contribution in [0.15, 0.2) is 71.3 Å². The van der Waals surface area contributed by atoms with Gasteiger partial charge in [-0.3, -0.25) is 4.79 Å². The summed E-state index contributed by atoms with van der Waals surface area (Å²) in [6.45, 7) is 4.20. The van der Waals surface area contributed by atoms with Gasteiger partial charge in [0.15, 0.2) is 0 Å². The number of para-hydroxylation sites is 1. The van der Waals surface area contributed by atoms with Crippen LogP contribution in [0.2, 0.25) is 0 Å². The van der Waals surface area contributed by atoms with E-state index in [0.717, 1.165) is 11.3 Å². The lowest BCUT2D eigenvalue weighted by Crippen LogP contribution is -2.13. The lowest BCUT2D eigenvalue weighted by atomic mass is 10.0. The average Bonchev–Trinajstić information content (AvgIpc) is 2.62. The molecule has 1 amide bonds. The van der Waals surface area contributed by atoms with Gasteiger partial charge in [-0.25, -0.2) is 4.98 Å². The number of pyridine rings is 1. The first-order chi connectivity index (χ1) is 12.5. The van der Waals surface area contributed by atoms with E-state index in [1.807, 2.05) is 36.4 Å². The van der Waals surface area contributed by atoms with Crippen molar-refractivity contribution in [2.45, 2.75) is 19.8 Å². The number of nitrogens with one attached hydrogen (secondary N) is 1. The molecule has 1 heterocycles. The Bertz CT molecular complexity index is 925. The maximum atomic E-state index is 12.7. The van der Waals surface area contributed by atoms with Gasteiger partial charge in [-0.2, -0.15) is 0 Å². The molecule has 4 nitrogen and oxygen atoms in total. The molecular weight excluding hydrogens is 392 g/mol. The molecule has 0 unspecified atom stereocenters. The minimum atomic E-state index is -0.175. The fourth-order valence-corrected chi connectivity index (χ4v) is 2.90. The summed E-state index contributed by atoms with van der Waals surface area (Å²) in [4.78, 5) is 16.9. The molecule has 0 spiro atoms. The van der Waals surface area contributed by atoms with Gasteiger partial charge in [-0.1, -0.05) is 44.2 Å². The summed E-state index contributed by atoms with van der Waals surface area (Å²) in [6, 6.07) is 20.3. The van der Waals surface area contributed by atoms with E-state index in [1.54, 1.807) is 30.3 Å². The van der Waals surface area contributed by atoms with E-state index in [1.165, 1.54) is 0 Å². The summed E-state index contributed by atoms with van der Waals surface area (Å²) in [7, 11) is 0. The zero-order chi connectivity index (χ0) is 18.5. The van der Waals surface area contributed by atoms with Crippen LogP contribution in [0.1, 0.15) is 35.7 Å². The van der Waals surface area contributed by atoms with Crippen LogP contribution in [0.4, 0.5) is 5.69 Å². The zero-order valence-electron chi connectivity index (χ0n) is 14.6. The number of ether oxygens (including phenoxy) is 1. The van der Waals surface area contributed by atoms with E-state index in [-0.39, 0.29) is 5.91 Å². The third-order valence-electron chi connectivity index (χ3n) is 3.84. The number of rotatable bonds is 5. The fourth-order valence-electron chi connectivity index (χ4n) is 2.58. The molecule has 0 saturated carbocycles. The van der Waals surface area contributed by atoms with Gasteiger partial charge < -0.3 is 10.1 Å². The number of amides is 1. The monoisotopic (exact) mass is 410 g/mol. The van der Waals surface area contributed by atoms with Crippen molar-refractivity contribution >= 4 is 27.5 Å². The number of halogens is 1. The zero-order valence-corrected chi connectivity index (χ0v) is 16.2. The lowest BCUT2D eigenvalue weighted by molar-refractivity contribution is 0.102. The molecule has 26 heavy (non-hydrogen) atoms. The minimum Gasteiger partial charge on any atom is -0.439 e. The molecule has 3 aromatic rings. The molecular formula is C21H19BrN2O2. The summed E-state index contributed by atoms with van der Waals surface area (Å²) < 4.78 is 6.43. The van der Waals surface area contributed by atoms with Crippen LogP contribution >= 0.6 is 15.9 Å². The Kier molecular flexibility index (Phi) is 5.68. The van der Waals surface area contributed by atoms with Gasteiger partial charge in [0.1, 0.15) is 10.4 Å². The van der Waals surface area contributed by atoms with Crippen molar-refractivity contribution in [2.75, 3.05) is 5.32 Å². The molecule has 1 aromatic heterocycles. The second-order valence-electron chi connectivity index (χ2n) is 6.12. The second kappa shape index (κ2) is 8.15. The highest BCUT2D eigenvalue weighted by atomic mass is 79.9. The first-order valence-corrected chi connectivity index (χ1v) is 9.13. The Morgan fingerprint density at radius 3 is 2.58 bits per heavy atom. The molecule has 0 saturated heterocycles. The summed E-state index contributed by atoms with van der Waals surface area (Å²) in [5.41, 5.74) is 2.45. The molecule has 132 valence electrons. The predicted octanol–water partition coefficient (Wildman–Crippen LogP) is 6.01. The quantitative estimate of drug-likeness (QED) is 0.523. The summed E-state index contributed by atoms with van der Waals surface area (Å²) in [5, 5.41) is 2.99. The van der Waals surface area contributed by atoms with Crippen LogP contribution < -0.4 is 10.1 Å². The van der Waals surface area contributed by atoms with Crippen molar-refractivity contribution in [1.82, 2.24) is 4.98 Å². The normalized spacial score (nSPS) is 10.6. The van der Waals surface area contributed by atoms with E-state index in [4.69, 9.17) is 4.74 Å². The number of nitrogens with zero attached hydrogens (tertiary/aromatic N) is 1. The van der Waals surface area contributed by atoms with Gasteiger partial charge >= 0.3 is 0 Å². The first kappa shape index (κ1) is 18.1. The van der Waals surface area contributed by atoms with E-state index >= 15 is 0 Å². The second-order valence-corrected chi connectivity index (χ2v) is 6.94. The first-order valence-electron chi connectivity index (χ1n) is 8.33. The topological polar surface area (TPSA) is 51.2 Å². The van der Waals surface area contributed by atoms with Crippen molar-refractivity contribution in [3.05, 3.63) is 82.5 Å². The molecule has 0 aliphatic carbocycles. The van der Waals surface area contributed by atoms with E-state index < -0.39 is 0 Å². The summed E-state index contributed by atoms with van der Waals surface area (Å²) >= 11 is 3.31. The third kappa shape index (κ3) is 4.49. The van der Waals surface area contributed by atoms with Crippen LogP contribution in [-0.4, -0.2) is 10.9 Å². The van der Waals surface area contributed by atoms with Gasteiger partial charge in [-0.15, -0.1) is 0 Å². The predicted molar refractivity (Wildman–Crippen MR) is 107 cm³/mol. The van der Waals surface area contributed by atoms with Crippen molar-refractivity contribution in [2.24, 2.45) is 0 Å². The molecule has 0 bridgehead atoms. The highest BCUT2D eigenvalue weighted by Crippen LogP contribution is 2.25. The number of benzene rings is 2. The van der Waals surface area contributed by atoms with Crippen molar-refractivity contribution in [3.63, 3.8) is 0 Å². The molecule has 3 rings (SSSR count). The number of hydrogen-bond donors (Lipinski definition) is 1. The number of carbonyl (C=O) groups is 1. The van der Waals surface area contributed by atoms with Gasteiger partial charge in [0.05, 0.1) is 0 Å². The molecule has 5 heteroatoms. The number of hydrogen-bond acceptors (Lipinski definition) is 3. The van der Waals surface area contributed by atoms with Crippen LogP contribution in [0, 0.1) is 0 Å². The van der Waals surface area contributed by atoms with Crippen molar-refractivity contribution in [3.8, 4) is 11.6 Å². The van der Waals surface area contributed by atoms with Gasteiger partial charge in [0.2, 0.25) is 5.88 Å². The summed E-state index contributed by atoms with van der Waals surface area (Å²) in [5.74, 6) is 1.16. The van der Waals surface area contributed by atoms with Gasteiger partial charge in [-0.05, 0) is 57.7 Å². The summed E-state index contributed by atoms with van der Waals surface area (Å²) in [6.07, 6.45) is 0. The fraction of sp³-hybridized carbons (Fsp3) is 0.143. The number of carbonyl (C=O) groups excluding carboxylic acids is 1. The van der Waals surface area contributed by atoms with E-state index in [0.29, 0.717) is 27.7 Å². The molecule has 0 atom stereocenters. The van der Waals surface area contributed by atoms with Crippen LogP contribution in [0.5, 0.6) is 11.6 Å². The maximum absolute atomic E-state index is 12.7. The largest absolute Gasteiger partial charge is 0.439 e. The van der Waals surface area contributed by atoms with Crippen LogP contribution in [0.25, 0.3) is 0 Å². The minimum absolute atomic E-state index is 0.175. The number of anilines is 1. The van der Waals surface area contributed by atoms with E-state index in [2.05, 4.69) is 40.1 Å². The smallest absolute Gasteiger partial charge is 0.255 e. The van der Waals surface area contributed by atoms with Crippen LogP contribution in [0.3, 0.4) is 0 Å². The maximum Gasteiger partial charge on any atom is 0.255 e. The molecule has 0 aliphatic rings. The number of aromatic nitrogens is 1. The third-order valence-corrected chi connectivity index (χ3v) is 4.28. The molecule has 0 radical (unpaired) electrons. The Morgan fingerprint density at radius 2 is 1.81 bits per heavy atom. The van der Waals surface area contributed by atoms with Gasteiger partial charge in [0, 0.05) is 17.3 Å². The highest BCUT2D eigenvalue weighted by molar-refractivity contribution is 9.10. The van der Waals surface area contributed by atoms with E-state index in [9.17, 15) is 4.79 Å². The standard InChI is InChI=1S/C21H19BrN2O2/c1-14(2)17-9-3-4-10-18(17)23-21(25)15-7-5-8-16(13-15)26-20-12-6-11-19(22)24-20/h3-14H,1-2H3,(H,23,25). The Hall–Kier alpha value is -2.66. The van der Waals surface area contributed by atoms with Gasteiger partial charge in [0.25, 0.3) is 5.91 Å². The average molecular weight is 411 g/mol. The van der Waals surface area contributed by atoms with Crippen molar-refractivity contribution < 1.29 is 9.53 Å². The highest BCUT2D eigenvalue weighted by Gasteiger charge is 2.12. The molecule has 1 N–H and O–H groups in total. The Labute approximate surface area is 161 Å². The molecule has 0 aliphatic heterocycles. The Morgan fingerprint density at radius 1 is 1.04 bits per heavy atom. The molecule has 0 fully saturated rings. The lowest BCUT2D eigenvalue weighted by Gasteiger charge is -2.14. The van der Waals surface area contributed by atoms with Crippen molar-refractivity contribution in [1.29, 1.82) is 0 Å². The van der Waals surface area contributed by atoms with Crippen LogP contribution in [-0.2, 0) is 0 Å². The Balaban J connectivity index is 1.79. The molecule has 2 aromatic carbocycles. The SMILES string of the molecule is CC(C)c1ccccc1NC(=O)c1cccc(Oc2cccc(Br)n2)c1.